The average Bonchev–Trinajstić information content (AvgIpc) is 2.85. The van der Waals surface area contributed by atoms with Crippen molar-refractivity contribution in [3.8, 4) is 5.75 Å². The number of hydrogen-bond donors (Lipinski definition) is 1. The summed E-state index contributed by atoms with van der Waals surface area (Å²) < 4.78 is 5.23. The van der Waals surface area contributed by atoms with Crippen molar-refractivity contribution in [2.45, 2.75) is 45.3 Å². The van der Waals surface area contributed by atoms with E-state index in [0.29, 0.717) is 12.0 Å². The summed E-state index contributed by atoms with van der Waals surface area (Å²) in [5.74, 6) is 1.48. The van der Waals surface area contributed by atoms with Gasteiger partial charge in [-0.2, -0.15) is 0 Å². The summed E-state index contributed by atoms with van der Waals surface area (Å²) in [6, 6.07) is 8.93. The lowest BCUT2D eigenvalue weighted by molar-refractivity contribution is 0.138. The van der Waals surface area contributed by atoms with E-state index < -0.39 is 0 Å². The first-order valence-electron chi connectivity index (χ1n) is 8.97. The van der Waals surface area contributed by atoms with Crippen molar-refractivity contribution in [1.82, 2.24) is 15.1 Å². The van der Waals surface area contributed by atoms with Crippen LogP contribution in [0.4, 0.5) is 4.79 Å². The molecule has 132 valence electrons. The second-order valence-corrected chi connectivity index (χ2v) is 7.40. The van der Waals surface area contributed by atoms with Gasteiger partial charge in [0, 0.05) is 38.3 Å². The van der Waals surface area contributed by atoms with Gasteiger partial charge < -0.3 is 15.0 Å². The molecule has 5 nitrogen and oxygen atoms in total. The topological polar surface area (TPSA) is 44.8 Å². The van der Waals surface area contributed by atoms with E-state index in [0.717, 1.165) is 38.3 Å². The summed E-state index contributed by atoms with van der Waals surface area (Å²) in [4.78, 5) is 17.0. The van der Waals surface area contributed by atoms with Crippen LogP contribution in [-0.4, -0.2) is 54.7 Å². The summed E-state index contributed by atoms with van der Waals surface area (Å²) in [6.07, 6.45) is 2.35. The Morgan fingerprint density at radius 3 is 2.62 bits per heavy atom. The second-order valence-electron chi connectivity index (χ2n) is 7.40. The number of piperidine rings is 1. The van der Waals surface area contributed by atoms with Crippen LogP contribution < -0.4 is 10.1 Å². The minimum atomic E-state index is 0.103. The number of rotatable bonds is 4. The molecule has 3 aliphatic heterocycles. The molecule has 3 saturated heterocycles. The van der Waals surface area contributed by atoms with E-state index >= 15 is 0 Å². The molecule has 1 aromatic carbocycles. The van der Waals surface area contributed by atoms with Crippen molar-refractivity contribution in [2.24, 2.45) is 5.92 Å². The normalized spacial score (nSPS) is 24.1. The molecule has 0 saturated carbocycles. The summed E-state index contributed by atoms with van der Waals surface area (Å²) in [5.41, 5.74) is 1.30. The number of nitrogens with zero attached hydrogens (tertiary/aromatic N) is 2. The summed E-state index contributed by atoms with van der Waals surface area (Å²) in [5, 5.41) is 3.06. The molecule has 0 radical (unpaired) electrons. The number of methoxy groups -OCH3 is 1. The van der Waals surface area contributed by atoms with E-state index in [2.05, 4.69) is 27.2 Å². The van der Waals surface area contributed by atoms with Gasteiger partial charge >= 0.3 is 6.03 Å². The number of amides is 2. The van der Waals surface area contributed by atoms with Crippen molar-refractivity contribution in [3.63, 3.8) is 0 Å². The van der Waals surface area contributed by atoms with Crippen LogP contribution in [0.15, 0.2) is 24.3 Å². The first kappa shape index (κ1) is 17.1. The van der Waals surface area contributed by atoms with Crippen molar-refractivity contribution >= 4 is 6.03 Å². The van der Waals surface area contributed by atoms with Crippen LogP contribution >= 0.6 is 0 Å². The number of benzene rings is 1. The highest BCUT2D eigenvalue weighted by atomic mass is 16.5. The first-order chi connectivity index (χ1) is 11.5. The smallest absolute Gasteiger partial charge is 0.317 e. The molecule has 0 aliphatic carbocycles. The van der Waals surface area contributed by atoms with Crippen LogP contribution in [0.5, 0.6) is 5.75 Å². The van der Waals surface area contributed by atoms with Gasteiger partial charge in [0.15, 0.2) is 0 Å². The highest BCUT2D eigenvalue weighted by Crippen LogP contribution is 2.29. The van der Waals surface area contributed by atoms with E-state index in [1.54, 1.807) is 7.11 Å². The maximum absolute atomic E-state index is 12.5. The molecule has 1 aromatic rings. The SMILES string of the molecule is COc1ccc(CN2C[C@@H]3CC[C@H](C2)N(C(=O)NC(C)C)C3)cc1. The molecule has 1 N–H and O–H groups in total. The standard InChI is InChI=1S/C19H29N3O2/c1-14(2)20-19(23)22-12-16-4-7-17(22)13-21(11-16)10-15-5-8-18(24-3)9-6-15/h5-6,8-9,14,16-17H,4,7,10-13H2,1-3H3,(H,20,23)/t16-,17+/m0/s1. The van der Waals surface area contributed by atoms with Crippen molar-refractivity contribution in [1.29, 1.82) is 0 Å². The van der Waals surface area contributed by atoms with E-state index in [-0.39, 0.29) is 12.1 Å². The monoisotopic (exact) mass is 331 g/mol. The minimum Gasteiger partial charge on any atom is -0.497 e. The molecular weight excluding hydrogens is 302 g/mol. The Balaban J connectivity index is 1.64. The summed E-state index contributed by atoms with van der Waals surface area (Å²) in [6.45, 7) is 7.91. The molecule has 0 aromatic heterocycles. The summed E-state index contributed by atoms with van der Waals surface area (Å²) >= 11 is 0. The Labute approximate surface area is 145 Å². The summed E-state index contributed by atoms with van der Waals surface area (Å²) in [7, 11) is 1.69. The second kappa shape index (κ2) is 7.43. The number of ether oxygens (including phenoxy) is 1. The Morgan fingerprint density at radius 2 is 1.96 bits per heavy atom. The largest absolute Gasteiger partial charge is 0.497 e. The molecule has 0 unspecified atom stereocenters. The molecule has 2 amide bonds. The van der Waals surface area contributed by atoms with Gasteiger partial charge in [-0.25, -0.2) is 4.79 Å². The van der Waals surface area contributed by atoms with Gasteiger partial charge in [0.25, 0.3) is 0 Å². The van der Waals surface area contributed by atoms with Gasteiger partial charge in [-0.1, -0.05) is 12.1 Å². The zero-order chi connectivity index (χ0) is 17.1. The van der Waals surface area contributed by atoms with Crippen LogP contribution in [0.3, 0.4) is 0 Å². The number of urea groups is 1. The van der Waals surface area contributed by atoms with E-state index in [1.807, 2.05) is 26.0 Å². The Hall–Kier alpha value is -1.75. The average molecular weight is 331 g/mol. The van der Waals surface area contributed by atoms with Crippen LogP contribution in [0, 0.1) is 5.92 Å². The maximum Gasteiger partial charge on any atom is 0.317 e. The van der Waals surface area contributed by atoms with E-state index in [9.17, 15) is 4.79 Å². The molecule has 3 aliphatic rings. The molecule has 5 heteroatoms. The van der Waals surface area contributed by atoms with E-state index in [4.69, 9.17) is 4.74 Å². The molecule has 24 heavy (non-hydrogen) atoms. The zero-order valence-corrected chi connectivity index (χ0v) is 15.0. The lowest BCUT2D eigenvalue weighted by atomic mass is 9.95. The third-order valence-corrected chi connectivity index (χ3v) is 5.03. The van der Waals surface area contributed by atoms with Gasteiger partial charge in [-0.15, -0.1) is 0 Å². The molecular formula is C19H29N3O2. The van der Waals surface area contributed by atoms with Crippen molar-refractivity contribution < 1.29 is 9.53 Å². The zero-order valence-electron chi connectivity index (χ0n) is 15.0. The quantitative estimate of drug-likeness (QED) is 0.923. The number of fused-ring (bicyclic) bond motifs is 4. The Kier molecular flexibility index (Phi) is 5.29. The molecule has 3 fully saturated rings. The molecule has 0 spiro atoms. The van der Waals surface area contributed by atoms with Crippen LogP contribution in [0.2, 0.25) is 0 Å². The highest BCUT2D eigenvalue weighted by Gasteiger charge is 2.37. The maximum atomic E-state index is 12.5. The predicted molar refractivity (Wildman–Crippen MR) is 95.2 cm³/mol. The molecule has 2 bridgehead atoms. The minimum absolute atomic E-state index is 0.103. The predicted octanol–water partition coefficient (Wildman–Crippen LogP) is 2.71. The lowest BCUT2D eigenvalue weighted by Crippen LogP contribution is -2.52. The van der Waals surface area contributed by atoms with Gasteiger partial charge in [0.1, 0.15) is 5.75 Å². The van der Waals surface area contributed by atoms with Crippen LogP contribution in [-0.2, 0) is 6.54 Å². The lowest BCUT2D eigenvalue weighted by Gasteiger charge is -2.36. The first-order valence-corrected chi connectivity index (χ1v) is 8.97. The Morgan fingerprint density at radius 1 is 1.21 bits per heavy atom. The molecule has 4 rings (SSSR count). The fourth-order valence-electron chi connectivity index (χ4n) is 3.88. The van der Waals surface area contributed by atoms with Crippen LogP contribution in [0.25, 0.3) is 0 Å². The van der Waals surface area contributed by atoms with Crippen molar-refractivity contribution in [3.05, 3.63) is 29.8 Å². The molecule has 2 atom stereocenters. The Bertz CT molecular complexity index is 558. The van der Waals surface area contributed by atoms with Crippen LogP contribution in [0.1, 0.15) is 32.3 Å². The van der Waals surface area contributed by atoms with Gasteiger partial charge in [-0.05, 0) is 50.3 Å². The highest BCUT2D eigenvalue weighted by molar-refractivity contribution is 5.75. The molecule has 3 heterocycles. The third-order valence-electron chi connectivity index (χ3n) is 5.03. The van der Waals surface area contributed by atoms with Gasteiger partial charge in [0.2, 0.25) is 0 Å². The number of hydrogen-bond acceptors (Lipinski definition) is 3. The third kappa shape index (κ3) is 4.01. The van der Waals surface area contributed by atoms with Gasteiger partial charge in [-0.3, -0.25) is 4.90 Å². The van der Waals surface area contributed by atoms with Gasteiger partial charge in [0.05, 0.1) is 7.11 Å². The number of carbonyl (C=O) groups is 1. The number of nitrogens with one attached hydrogen (secondary N) is 1. The fourth-order valence-corrected chi connectivity index (χ4v) is 3.88. The van der Waals surface area contributed by atoms with E-state index in [1.165, 1.54) is 12.0 Å². The number of carbonyl (C=O) groups excluding carboxylic acids is 1. The fraction of sp³-hybridized carbons (Fsp3) is 0.632. The van der Waals surface area contributed by atoms with Crippen molar-refractivity contribution in [2.75, 3.05) is 26.7 Å².